The molecule has 1 saturated carbocycles. The standard InChI is InChI=1S/C30H42N4O2/c1-3-4-7-10-22(2)20-33-29(35)24-15-13-23(14-16-24)21-32-28-19-25(17-18-27(28)31)30(36)34-26-11-8-5-6-9-12-26/h13-19,21-22,26H,3-12,20,31H2,1-2H3,(H,33,35)(H,34,36). The molecule has 2 aromatic carbocycles. The highest BCUT2D eigenvalue weighted by atomic mass is 16.2. The maximum atomic E-state index is 12.8. The van der Waals surface area contributed by atoms with Crippen LogP contribution in [0.2, 0.25) is 0 Å². The number of nitrogens with zero attached hydrogens (tertiary/aromatic N) is 1. The summed E-state index contributed by atoms with van der Waals surface area (Å²) in [6.45, 7) is 5.07. The molecule has 0 aromatic heterocycles. The fourth-order valence-corrected chi connectivity index (χ4v) is 4.57. The van der Waals surface area contributed by atoms with Gasteiger partial charge in [-0.05, 0) is 61.1 Å². The third kappa shape index (κ3) is 8.81. The molecule has 0 spiro atoms. The van der Waals surface area contributed by atoms with Crippen LogP contribution in [0.25, 0.3) is 0 Å². The van der Waals surface area contributed by atoms with Crippen LogP contribution >= 0.6 is 0 Å². The zero-order valence-electron chi connectivity index (χ0n) is 21.9. The first-order chi connectivity index (χ1) is 17.5. The SMILES string of the molecule is CCCCCC(C)CNC(=O)c1ccc(C=Nc2cc(C(=O)NC3CCCCCC3)ccc2N)cc1. The highest BCUT2D eigenvalue weighted by Crippen LogP contribution is 2.24. The number of nitrogen functional groups attached to an aromatic ring is 1. The number of nitrogens with one attached hydrogen (secondary N) is 2. The van der Waals surface area contributed by atoms with Crippen LogP contribution in [0.1, 0.15) is 104 Å². The molecule has 1 aliphatic carbocycles. The summed E-state index contributed by atoms with van der Waals surface area (Å²) < 4.78 is 0. The molecule has 0 radical (unpaired) electrons. The van der Waals surface area contributed by atoms with Crippen LogP contribution in [0.3, 0.4) is 0 Å². The van der Waals surface area contributed by atoms with E-state index in [9.17, 15) is 9.59 Å². The van der Waals surface area contributed by atoms with Gasteiger partial charge in [-0.25, -0.2) is 0 Å². The predicted molar refractivity (Wildman–Crippen MR) is 149 cm³/mol. The van der Waals surface area contributed by atoms with Gasteiger partial charge in [0.05, 0.1) is 11.4 Å². The Morgan fingerprint density at radius 3 is 2.39 bits per heavy atom. The molecule has 4 N–H and O–H groups in total. The van der Waals surface area contributed by atoms with Crippen LogP contribution in [0.5, 0.6) is 0 Å². The largest absolute Gasteiger partial charge is 0.397 e. The van der Waals surface area contributed by atoms with Crippen molar-refractivity contribution in [3.05, 3.63) is 59.2 Å². The minimum atomic E-state index is -0.0756. The summed E-state index contributed by atoms with van der Waals surface area (Å²) in [5.74, 6) is 0.341. The van der Waals surface area contributed by atoms with E-state index in [4.69, 9.17) is 5.73 Å². The van der Waals surface area contributed by atoms with Crippen LogP contribution in [0, 0.1) is 5.92 Å². The molecule has 2 aromatic rings. The number of anilines is 1. The summed E-state index contributed by atoms with van der Waals surface area (Å²) >= 11 is 0. The molecule has 0 saturated heterocycles. The summed E-state index contributed by atoms with van der Waals surface area (Å²) in [5, 5.41) is 6.21. The lowest BCUT2D eigenvalue weighted by Crippen LogP contribution is -2.34. The van der Waals surface area contributed by atoms with Crippen molar-refractivity contribution in [2.45, 2.75) is 84.1 Å². The molecular formula is C30H42N4O2. The van der Waals surface area contributed by atoms with E-state index in [0.29, 0.717) is 35.0 Å². The van der Waals surface area contributed by atoms with Gasteiger partial charge in [0.2, 0.25) is 0 Å². The molecule has 36 heavy (non-hydrogen) atoms. The Labute approximate surface area is 216 Å². The number of hydrogen-bond donors (Lipinski definition) is 3. The van der Waals surface area contributed by atoms with Gasteiger partial charge < -0.3 is 16.4 Å². The minimum Gasteiger partial charge on any atom is -0.397 e. The van der Waals surface area contributed by atoms with E-state index < -0.39 is 0 Å². The summed E-state index contributed by atoms with van der Waals surface area (Å²) in [5.41, 5.74) is 9.24. The molecule has 6 heteroatoms. The number of amides is 2. The van der Waals surface area contributed by atoms with Crippen LogP contribution in [0.15, 0.2) is 47.5 Å². The van der Waals surface area contributed by atoms with Gasteiger partial charge in [0.25, 0.3) is 11.8 Å². The van der Waals surface area contributed by atoms with Crippen molar-refractivity contribution in [1.82, 2.24) is 10.6 Å². The lowest BCUT2D eigenvalue weighted by molar-refractivity contribution is 0.0929. The summed E-state index contributed by atoms with van der Waals surface area (Å²) in [7, 11) is 0. The first-order valence-electron chi connectivity index (χ1n) is 13.6. The van der Waals surface area contributed by atoms with Gasteiger partial charge in [0.1, 0.15) is 0 Å². The molecule has 1 unspecified atom stereocenters. The predicted octanol–water partition coefficient (Wildman–Crippen LogP) is 6.42. The maximum absolute atomic E-state index is 12.8. The van der Waals surface area contributed by atoms with Gasteiger partial charge in [-0.3, -0.25) is 14.6 Å². The first-order valence-corrected chi connectivity index (χ1v) is 13.6. The lowest BCUT2D eigenvalue weighted by Gasteiger charge is -2.16. The smallest absolute Gasteiger partial charge is 0.251 e. The fourth-order valence-electron chi connectivity index (χ4n) is 4.57. The fraction of sp³-hybridized carbons (Fsp3) is 0.500. The minimum absolute atomic E-state index is 0.0579. The number of unbranched alkanes of at least 4 members (excludes halogenated alkanes) is 2. The second-order valence-corrected chi connectivity index (χ2v) is 10.1. The van der Waals surface area contributed by atoms with Crippen LogP contribution in [0.4, 0.5) is 11.4 Å². The third-order valence-corrected chi connectivity index (χ3v) is 6.92. The van der Waals surface area contributed by atoms with Gasteiger partial charge >= 0.3 is 0 Å². The Balaban J connectivity index is 1.56. The normalized spacial score (nSPS) is 15.4. The zero-order valence-corrected chi connectivity index (χ0v) is 21.9. The Morgan fingerprint density at radius 1 is 1.00 bits per heavy atom. The van der Waals surface area contributed by atoms with Crippen molar-refractivity contribution < 1.29 is 9.59 Å². The molecule has 3 rings (SSSR count). The quantitative estimate of drug-likeness (QED) is 0.147. The number of nitrogens with two attached hydrogens (primary N) is 1. The second-order valence-electron chi connectivity index (χ2n) is 10.1. The number of benzene rings is 2. The van der Waals surface area contributed by atoms with Crippen molar-refractivity contribution in [2.75, 3.05) is 12.3 Å². The van der Waals surface area contributed by atoms with Crippen molar-refractivity contribution in [2.24, 2.45) is 10.9 Å². The van der Waals surface area contributed by atoms with Gasteiger partial charge in [0, 0.05) is 29.9 Å². The van der Waals surface area contributed by atoms with E-state index in [-0.39, 0.29) is 17.9 Å². The van der Waals surface area contributed by atoms with Crippen LogP contribution in [-0.2, 0) is 0 Å². The Hall–Kier alpha value is -3.15. The molecule has 0 aliphatic heterocycles. The van der Waals surface area contributed by atoms with Crippen LogP contribution < -0.4 is 16.4 Å². The molecule has 0 heterocycles. The zero-order chi connectivity index (χ0) is 25.8. The number of carbonyl (C=O) groups excluding carboxylic acids is 2. The Morgan fingerprint density at radius 2 is 1.69 bits per heavy atom. The summed E-state index contributed by atoms with van der Waals surface area (Å²) in [6, 6.07) is 12.8. The van der Waals surface area contributed by atoms with Gasteiger partial charge in [-0.15, -0.1) is 0 Å². The van der Waals surface area contributed by atoms with Crippen molar-refractivity contribution in [1.29, 1.82) is 0 Å². The highest BCUT2D eigenvalue weighted by Gasteiger charge is 2.16. The first kappa shape index (κ1) is 27.4. The number of carbonyl (C=O) groups is 2. The molecule has 6 nitrogen and oxygen atoms in total. The molecule has 194 valence electrons. The molecule has 2 amide bonds. The van der Waals surface area contributed by atoms with E-state index >= 15 is 0 Å². The summed E-state index contributed by atoms with van der Waals surface area (Å²) in [4.78, 5) is 29.8. The Kier molecular flexibility index (Phi) is 11.0. The van der Waals surface area contributed by atoms with E-state index in [2.05, 4.69) is 29.5 Å². The lowest BCUT2D eigenvalue weighted by atomic mass is 10.0. The van der Waals surface area contributed by atoms with Crippen molar-refractivity contribution in [3.63, 3.8) is 0 Å². The molecular weight excluding hydrogens is 448 g/mol. The third-order valence-electron chi connectivity index (χ3n) is 6.92. The van der Waals surface area contributed by atoms with Gasteiger partial charge in [-0.2, -0.15) is 0 Å². The van der Waals surface area contributed by atoms with Crippen LogP contribution in [-0.4, -0.2) is 30.6 Å². The van der Waals surface area contributed by atoms with E-state index in [1.54, 1.807) is 36.5 Å². The molecule has 1 atom stereocenters. The van der Waals surface area contributed by atoms with Gasteiger partial charge in [0.15, 0.2) is 0 Å². The average molecular weight is 491 g/mol. The molecule has 1 aliphatic rings. The topological polar surface area (TPSA) is 96.6 Å². The Bertz CT molecular complexity index is 1010. The highest BCUT2D eigenvalue weighted by molar-refractivity contribution is 5.97. The number of hydrogen-bond acceptors (Lipinski definition) is 4. The molecule has 1 fully saturated rings. The molecule has 0 bridgehead atoms. The summed E-state index contributed by atoms with van der Waals surface area (Å²) in [6.07, 6.45) is 13.4. The van der Waals surface area contributed by atoms with Gasteiger partial charge in [-0.1, -0.05) is 70.9 Å². The van der Waals surface area contributed by atoms with Crippen molar-refractivity contribution >= 4 is 29.4 Å². The van der Waals surface area contributed by atoms with E-state index in [1.807, 2.05) is 12.1 Å². The van der Waals surface area contributed by atoms with E-state index in [1.165, 1.54) is 44.9 Å². The number of rotatable bonds is 11. The second kappa shape index (κ2) is 14.4. The van der Waals surface area contributed by atoms with E-state index in [0.717, 1.165) is 24.8 Å². The average Bonchev–Trinajstić information content (AvgIpc) is 3.16. The maximum Gasteiger partial charge on any atom is 0.251 e. The monoisotopic (exact) mass is 490 g/mol. The van der Waals surface area contributed by atoms with Crippen molar-refractivity contribution in [3.8, 4) is 0 Å². The number of aliphatic imine (C=N–C) groups is 1.